The zero-order valence-electron chi connectivity index (χ0n) is 16.2. The lowest BCUT2D eigenvalue weighted by Crippen LogP contribution is -2.31. The maximum absolute atomic E-state index is 14.4. The van der Waals surface area contributed by atoms with Crippen LogP contribution in [0.3, 0.4) is 0 Å². The van der Waals surface area contributed by atoms with Crippen LogP contribution < -0.4 is 16.4 Å². The Morgan fingerprint density at radius 2 is 2.00 bits per heavy atom. The molecule has 0 spiro atoms. The Morgan fingerprint density at radius 1 is 1.21 bits per heavy atom. The predicted molar refractivity (Wildman–Crippen MR) is 108 cm³/mol. The van der Waals surface area contributed by atoms with E-state index in [1.54, 1.807) is 0 Å². The second kappa shape index (κ2) is 8.42. The minimum atomic E-state index is -0.624. The number of anilines is 2. The topological polar surface area (TPSA) is 84.2 Å². The van der Waals surface area contributed by atoms with E-state index in [-0.39, 0.29) is 35.0 Å². The number of carbonyl (C=O) groups is 2. The summed E-state index contributed by atoms with van der Waals surface area (Å²) in [6.45, 7) is 3.84. The number of amides is 2. The van der Waals surface area contributed by atoms with E-state index in [0.717, 1.165) is 36.5 Å². The Balaban J connectivity index is 1.70. The molecule has 6 heteroatoms. The molecule has 0 aliphatic heterocycles. The summed E-state index contributed by atoms with van der Waals surface area (Å²) in [4.78, 5) is 24.5. The van der Waals surface area contributed by atoms with Gasteiger partial charge in [-0.15, -0.1) is 0 Å². The summed E-state index contributed by atoms with van der Waals surface area (Å²) in [5.74, 6) is -1.03. The fourth-order valence-electron chi connectivity index (χ4n) is 3.56. The van der Waals surface area contributed by atoms with E-state index in [1.807, 2.05) is 32.0 Å². The third-order valence-electron chi connectivity index (χ3n) is 4.89. The molecule has 2 amide bonds. The zero-order valence-corrected chi connectivity index (χ0v) is 16.2. The van der Waals surface area contributed by atoms with Crippen LogP contribution in [0, 0.1) is 11.7 Å². The predicted octanol–water partition coefficient (Wildman–Crippen LogP) is 4.20. The van der Waals surface area contributed by atoms with E-state index in [2.05, 4.69) is 10.6 Å². The summed E-state index contributed by atoms with van der Waals surface area (Å²) in [5.41, 5.74) is 9.08. The van der Waals surface area contributed by atoms with Crippen LogP contribution in [0.4, 0.5) is 15.8 Å². The highest BCUT2D eigenvalue weighted by Crippen LogP contribution is 2.31. The molecule has 2 aromatic carbocycles. The number of fused-ring (bicyclic) bond motifs is 1. The Morgan fingerprint density at radius 3 is 2.71 bits per heavy atom. The van der Waals surface area contributed by atoms with E-state index < -0.39 is 5.82 Å². The van der Waals surface area contributed by atoms with Crippen LogP contribution >= 0.6 is 0 Å². The van der Waals surface area contributed by atoms with Gasteiger partial charge in [-0.1, -0.05) is 19.9 Å². The lowest BCUT2D eigenvalue weighted by molar-refractivity contribution is -0.116. The zero-order chi connectivity index (χ0) is 20.3. The minimum absolute atomic E-state index is 0.0840. The van der Waals surface area contributed by atoms with Crippen molar-refractivity contribution < 1.29 is 14.0 Å². The van der Waals surface area contributed by atoms with E-state index in [4.69, 9.17) is 5.73 Å². The summed E-state index contributed by atoms with van der Waals surface area (Å²) < 4.78 is 14.4. The molecule has 0 radical (unpaired) electrons. The molecule has 4 N–H and O–H groups in total. The molecule has 1 unspecified atom stereocenters. The summed E-state index contributed by atoms with van der Waals surface area (Å²) in [7, 11) is 0. The van der Waals surface area contributed by atoms with E-state index in [0.29, 0.717) is 12.1 Å². The van der Waals surface area contributed by atoms with Crippen molar-refractivity contribution in [2.24, 2.45) is 5.92 Å². The maximum Gasteiger partial charge on any atom is 0.251 e. The molecule has 0 saturated heterocycles. The number of nitrogens with one attached hydrogen (secondary N) is 2. The van der Waals surface area contributed by atoms with Gasteiger partial charge in [0.2, 0.25) is 5.91 Å². The number of carbonyl (C=O) groups excluding carboxylic acids is 2. The number of hydrogen-bond donors (Lipinski definition) is 3. The van der Waals surface area contributed by atoms with Gasteiger partial charge in [0.15, 0.2) is 0 Å². The van der Waals surface area contributed by atoms with E-state index in [9.17, 15) is 14.0 Å². The highest BCUT2D eigenvalue weighted by atomic mass is 19.1. The van der Waals surface area contributed by atoms with Crippen molar-refractivity contribution >= 4 is 23.2 Å². The van der Waals surface area contributed by atoms with Gasteiger partial charge in [0.05, 0.1) is 11.7 Å². The molecule has 0 bridgehead atoms. The average molecular weight is 383 g/mol. The molecule has 1 aliphatic carbocycles. The normalized spacial score (nSPS) is 15.8. The first kappa shape index (κ1) is 19.9. The summed E-state index contributed by atoms with van der Waals surface area (Å²) in [6.07, 6.45) is 3.03. The molecule has 2 aromatic rings. The maximum atomic E-state index is 14.4. The molecular weight excluding hydrogens is 357 g/mol. The monoisotopic (exact) mass is 383 g/mol. The summed E-state index contributed by atoms with van der Waals surface area (Å²) in [5, 5.41) is 5.54. The van der Waals surface area contributed by atoms with Crippen LogP contribution in [-0.4, -0.2) is 11.8 Å². The van der Waals surface area contributed by atoms with Crippen LogP contribution in [0.5, 0.6) is 0 Å². The first-order chi connectivity index (χ1) is 13.3. The molecule has 148 valence electrons. The second-order valence-electron chi connectivity index (χ2n) is 7.72. The number of nitrogen functional groups attached to an aromatic ring is 1. The first-order valence-corrected chi connectivity index (χ1v) is 9.62. The van der Waals surface area contributed by atoms with Gasteiger partial charge in [0.1, 0.15) is 5.82 Å². The van der Waals surface area contributed by atoms with Gasteiger partial charge >= 0.3 is 0 Å². The van der Waals surface area contributed by atoms with Crippen molar-refractivity contribution in [3.63, 3.8) is 0 Å². The van der Waals surface area contributed by atoms with Crippen LogP contribution in [0.2, 0.25) is 0 Å². The Kier molecular flexibility index (Phi) is 5.97. The van der Waals surface area contributed by atoms with Crippen molar-refractivity contribution in [2.45, 2.75) is 45.6 Å². The van der Waals surface area contributed by atoms with Crippen molar-refractivity contribution in [2.75, 3.05) is 11.1 Å². The van der Waals surface area contributed by atoms with Gasteiger partial charge in [0.25, 0.3) is 5.91 Å². The fraction of sp³-hybridized carbons (Fsp3) is 0.364. The SMILES string of the molecule is CC(C)CC(=O)Nc1ccc(C(=O)NC2CCCc3cc(N)ccc32)cc1F. The largest absolute Gasteiger partial charge is 0.399 e. The molecule has 0 saturated carbocycles. The van der Waals surface area contributed by atoms with Gasteiger partial charge < -0.3 is 16.4 Å². The van der Waals surface area contributed by atoms with Crippen LogP contribution in [-0.2, 0) is 11.2 Å². The third-order valence-corrected chi connectivity index (χ3v) is 4.89. The molecular formula is C22H26FN3O2. The number of nitrogens with two attached hydrogens (primary N) is 1. The molecule has 1 atom stereocenters. The van der Waals surface area contributed by atoms with E-state index >= 15 is 0 Å². The van der Waals surface area contributed by atoms with Gasteiger partial charge in [-0.05, 0) is 66.6 Å². The molecule has 0 heterocycles. The van der Waals surface area contributed by atoms with Crippen molar-refractivity contribution in [3.8, 4) is 0 Å². The van der Waals surface area contributed by atoms with Gasteiger partial charge in [-0.25, -0.2) is 4.39 Å². The lowest BCUT2D eigenvalue weighted by atomic mass is 9.87. The van der Waals surface area contributed by atoms with Gasteiger partial charge in [-0.2, -0.15) is 0 Å². The molecule has 0 fully saturated rings. The molecule has 5 nitrogen and oxygen atoms in total. The van der Waals surface area contributed by atoms with Crippen LogP contribution in [0.15, 0.2) is 36.4 Å². The summed E-state index contributed by atoms with van der Waals surface area (Å²) >= 11 is 0. The lowest BCUT2D eigenvalue weighted by Gasteiger charge is -2.26. The molecule has 1 aliphatic rings. The van der Waals surface area contributed by atoms with Crippen molar-refractivity contribution in [1.82, 2.24) is 5.32 Å². The quantitative estimate of drug-likeness (QED) is 0.677. The number of aryl methyl sites for hydroxylation is 1. The minimum Gasteiger partial charge on any atom is -0.399 e. The standard InChI is InChI=1S/C22H26FN3O2/c1-13(2)10-21(27)25-20-9-6-15(12-18(20)23)22(28)26-19-5-3-4-14-11-16(24)7-8-17(14)19/h6-9,11-13,19H,3-5,10,24H2,1-2H3,(H,25,27)(H,26,28). The summed E-state index contributed by atoms with van der Waals surface area (Å²) in [6, 6.07) is 9.72. The number of benzene rings is 2. The van der Waals surface area contributed by atoms with Gasteiger partial charge in [0, 0.05) is 17.7 Å². The molecule has 3 rings (SSSR count). The Bertz CT molecular complexity index is 895. The Labute approximate surface area is 164 Å². The average Bonchev–Trinajstić information content (AvgIpc) is 2.62. The highest BCUT2D eigenvalue weighted by Gasteiger charge is 2.23. The van der Waals surface area contributed by atoms with Crippen LogP contribution in [0.1, 0.15) is 60.6 Å². The highest BCUT2D eigenvalue weighted by molar-refractivity contribution is 5.96. The molecule has 28 heavy (non-hydrogen) atoms. The van der Waals surface area contributed by atoms with Gasteiger partial charge in [-0.3, -0.25) is 9.59 Å². The first-order valence-electron chi connectivity index (χ1n) is 9.62. The van der Waals surface area contributed by atoms with Crippen molar-refractivity contribution in [1.29, 1.82) is 0 Å². The number of rotatable bonds is 5. The smallest absolute Gasteiger partial charge is 0.251 e. The number of hydrogen-bond acceptors (Lipinski definition) is 3. The Hall–Kier alpha value is -2.89. The number of halogens is 1. The second-order valence-corrected chi connectivity index (χ2v) is 7.72. The van der Waals surface area contributed by atoms with Crippen LogP contribution in [0.25, 0.3) is 0 Å². The van der Waals surface area contributed by atoms with E-state index in [1.165, 1.54) is 12.1 Å². The fourth-order valence-corrected chi connectivity index (χ4v) is 3.56. The third kappa shape index (κ3) is 4.68. The molecule has 0 aromatic heterocycles. The van der Waals surface area contributed by atoms with Crippen molar-refractivity contribution in [3.05, 3.63) is 58.9 Å².